The summed E-state index contributed by atoms with van der Waals surface area (Å²) in [5, 5.41) is 0.838. The molecule has 0 aliphatic carbocycles. The van der Waals surface area contributed by atoms with E-state index in [0.29, 0.717) is 42.2 Å². The van der Waals surface area contributed by atoms with Crippen molar-refractivity contribution in [2.75, 3.05) is 6.61 Å². The molecule has 0 radical (unpaired) electrons. The van der Waals surface area contributed by atoms with Crippen LogP contribution in [-0.2, 0) is 9.53 Å². The number of carbonyl (C=O) groups excluding carboxylic acids is 1. The fourth-order valence-electron chi connectivity index (χ4n) is 4.12. The van der Waals surface area contributed by atoms with Gasteiger partial charge in [0.2, 0.25) is 0 Å². The Bertz CT molecular complexity index is 1730. The molecule has 2 aromatic carbocycles. The van der Waals surface area contributed by atoms with Crippen LogP contribution in [0.5, 0.6) is 0 Å². The zero-order valence-electron chi connectivity index (χ0n) is 19.6. The number of benzene rings is 2. The number of nitrogens with zero attached hydrogens (tertiary/aromatic N) is 2. The van der Waals surface area contributed by atoms with Gasteiger partial charge in [-0.3, -0.25) is 9.36 Å². The molecule has 2 aromatic heterocycles. The topological polar surface area (TPSA) is 73.8 Å². The fourth-order valence-corrected chi connectivity index (χ4v) is 5.44. The molecule has 0 unspecified atom stereocenters. The van der Waals surface area contributed by atoms with Crippen LogP contribution in [0, 0.1) is 5.82 Å². The summed E-state index contributed by atoms with van der Waals surface area (Å²) in [5.41, 5.74) is 1.60. The van der Waals surface area contributed by atoms with E-state index in [1.54, 1.807) is 62.4 Å². The second-order valence-corrected chi connectivity index (χ2v) is 10.0. The van der Waals surface area contributed by atoms with Gasteiger partial charge in [-0.05, 0) is 61.9 Å². The molecule has 6 nitrogen and oxygen atoms in total. The lowest BCUT2D eigenvalue weighted by Gasteiger charge is -2.24. The molecular weight excluding hydrogens is 538 g/mol. The number of halogens is 3. The number of allylic oxidation sites excluding steroid dienone is 1. The molecule has 0 amide bonds. The van der Waals surface area contributed by atoms with Gasteiger partial charge in [0, 0.05) is 11.6 Å². The third-order valence-electron chi connectivity index (χ3n) is 5.81. The number of furan rings is 1. The summed E-state index contributed by atoms with van der Waals surface area (Å²) in [5.74, 6) is 0.00280. The summed E-state index contributed by atoms with van der Waals surface area (Å²) in [7, 11) is 0. The molecule has 0 saturated heterocycles. The van der Waals surface area contributed by atoms with Crippen molar-refractivity contribution in [3.63, 3.8) is 0 Å². The smallest absolute Gasteiger partial charge is 0.338 e. The Kier molecular flexibility index (Phi) is 6.90. The first-order valence-electron chi connectivity index (χ1n) is 11.3. The van der Waals surface area contributed by atoms with E-state index in [2.05, 4.69) is 4.99 Å². The van der Waals surface area contributed by atoms with Crippen LogP contribution >= 0.6 is 34.5 Å². The molecule has 0 N–H and O–H groups in total. The van der Waals surface area contributed by atoms with Crippen molar-refractivity contribution in [1.29, 1.82) is 0 Å². The Hall–Kier alpha value is -3.46. The molecule has 0 spiro atoms. The van der Waals surface area contributed by atoms with Crippen molar-refractivity contribution in [3.8, 4) is 11.3 Å². The minimum Gasteiger partial charge on any atom is -0.463 e. The van der Waals surface area contributed by atoms with Crippen molar-refractivity contribution < 1.29 is 18.3 Å². The monoisotopic (exact) mass is 556 g/mol. The zero-order valence-corrected chi connectivity index (χ0v) is 22.0. The fraction of sp³-hybridized carbons (Fsp3) is 0.148. The molecule has 3 heterocycles. The van der Waals surface area contributed by atoms with Crippen LogP contribution in [0.3, 0.4) is 0 Å². The highest BCUT2D eigenvalue weighted by atomic mass is 35.5. The minimum atomic E-state index is -0.818. The summed E-state index contributed by atoms with van der Waals surface area (Å²) in [6.45, 7) is 3.55. The maximum absolute atomic E-state index is 13.7. The largest absolute Gasteiger partial charge is 0.463 e. The molecule has 1 atom stereocenters. The average molecular weight is 557 g/mol. The first-order valence-corrected chi connectivity index (χ1v) is 12.8. The number of fused-ring (bicyclic) bond motifs is 1. The van der Waals surface area contributed by atoms with Gasteiger partial charge < -0.3 is 9.15 Å². The molecular formula is C27H19Cl2FN2O4S. The van der Waals surface area contributed by atoms with Gasteiger partial charge in [0.15, 0.2) is 4.80 Å². The Morgan fingerprint density at radius 3 is 2.62 bits per heavy atom. The highest BCUT2D eigenvalue weighted by molar-refractivity contribution is 7.07. The summed E-state index contributed by atoms with van der Waals surface area (Å²) in [4.78, 5) is 31.4. The number of hydrogen-bond donors (Lipinski definition) is 0. The highest BCUT2D eigenvalue weighted by Crippen LogP contribution is 2.31. The third-order valence-corrected chi connectivity index (χ3v) is 7.53. The van der Waals surface area contributed by atoms with Crippen molar-refractivity contribution in [1.82, 2.24) is 4.57 Å². The van der Waals surface area contributed by atoms with Crippen molar-refractivity contribution >= 4 is 46.6 Å². The summed E-state index contributed by atoms with van der Waals surface area (Å²) >= 11 is 13.3. The van der Waals surface area contributed by atoms with Gasteiger partial charge in [0.25, 0.3) is 5.56 Å². The summed E-state index contributed by atoms with van der Waals surface area (Å²) in [6, 6.07) is 13.5. The van der Waals surface area contributed by atoms with Gasteiger partial charge in [-0.25, -0.2) is 14.2 Å². The summed E-state index contributed by atoms with van der Waals surface area (Å²) in [6.07, 6.45) is 1.62. The van der Waals surface area contributed by atoms with Gasteiger partial charge in [-0.2, -0.15) is 0 Å². The van der Waals surface area contributed by atoms with Crippen molar-refractivity contribution in [2.45, 2.75) is 19.9 Å². The molecule has 5 rings (SSSR count). The van der Waals surface area contributed by atoms with Gasteiger partial charge in [0.05, 0.1) is 38.5 Å². The number of carbonyl (C=O) groups is 1. The van der Waals surface area contributed by atoms with Crippen LogP contribution in [0.25, 0.3) is 17.4 Å². The van der Waals surface area contributed by atoms with Gasteiger partial charge >= 0.3 is 5.97 Å². The number of hydrogen-bond acceptors (Lipinski definition) is 6. The normalized spacial score (nSPS) is 15.5. The van der Waals surface area contributed by atoms with Crippen molar-refractivity contribution in [3.05, 3.63) is 113 Å². The van der Waals surface area contributed by atoms with Crippen LogP contribution in [0.2, 0.25) is 10.0 Å². The molecule has 1 aliphatic rings. The number of esters is 1. The van der Waals surface area contributed by atoms with Crippen LogP contribution in [0.1, 0.15) is 31.2 Å². The lowest BCUT2D eigenvalue weighted by atomic mass is 9.96. The van der Waals surface area contributed by atoms with E-state index < -0.39 is 17.8 Å². The molecule has 0 bridgehead atoms. The van der Waals surface area contributed by atoms with Gasteiger partial charge in [-0.1, -0.05) is 46.7 Å². The number of aromatic nitrogens is 1. The highest BCUT2D eigenvalue weighted by Gasteiger charge is 2.33. The predicted octanol–water partition coefficient (Wildman–Crippen LogP) is 5.50. The summed E-state index contributed by atoms with van der Waals surface area (Å²) < 4.78 is 26.7. The Labute approximate surface area is 224 Å². The first kappa shape index (κ1) is 25.2. The zero-order chi connectivity index (χ0) is 26.3. The molecule has 4 aromatic rings. The van der Waals surface area contributed by atoms with E-state index in [9.17, 15) is 14.0 Å². The van der Waals surface area contributed by atoms with Crippen LogP contribution in [-0.4, -0.2) is 17.1 Å². The van der Waals surface area contributed by atoms with E-state index in [-0.39, 0.29) is 17.7 Å². The molecule has 188 valence electrons. The molecule has 0 saturated carbocycles. The number of rotatable bonds is 5. The average Bonchev–Trinajstić information content (AvgIpc) is 3.45. The maximum atomic E-state index is 13.7. The van der Waals surface area contributed by atoms with Gasteiger partial charge in [0.1, 0.15) is 17.3 Å². The Morgan fingerprint density at radius 2 is 1.92 bits per heavy atom. The van der Waals surface area contributed by atoms with E-state index in [1.807, 2.05) is 0 Å². The Balaban J connectivity index is 1.62. The predicted molar refractivity (Wildman–Crippen MR) is 141 cm³/mol. The molecule has 0 fully saturated rings. The van der Waals surface area contributed by atoms with Crippen molar-refractivity contribution in [2.24, 2.45) is 4.99 Å². The number of ether oxygens (including phenoxy) is 1. The van der Waals surface area contributed by atoms with Crippen LogP contribution in [0.4, 0.5) is 4.39 Å². The van der Waals surface area contributed by atoms with E-state index in [4.69, 9.17) is 32.4 Å². The lowest BCUT2D eigenvalue weighted by molar-refractivity contribution is -0.139. The van der Waals surface area contributed by atoms with E-state index >= 15 is 0 Å². The molecule has 1 aliphatic heterocycles. The lowest BCUT2D eigenvalue weighted by Crippen LogP contribution is -2.39. The quantitative estimate of drug-likeness (QED) is 0.304. The standard InChI is InChI=1S/C27H19Cl2FN2O4S/c1-3-35-26(34)23-14(2)31-27-32(24(23)15-4-7-17(30)8-5-15)25(33)22(37-27)13-18-9-11-21(36-18)16-6-10-19(28)20(29)12-16/h4-13,24H,3H2,1-2H3/b22-13-/t24-/m1/s1. The molecule has 10 heteroatoms. The second kappa shape index (κ2) is 10.1. The van der Waals surface area contributed by atoms with Crippen LogP contribution < -0.4 is 14.9 Å². The minimum absolute atomic E-state index is 0.163. The maximum Gasteiger partial charge on any atom is 0.338 e. The molecule has 37 heavy (non-hydrogen) atoms. The Morgan fingerprint density at radius 1 is 1.16 bits per heavy atom. The number of thiazole rings is 1. The third kappa shape index (κ3) is 4.80. The first-order chi connectivity index (χ1) is 17.8. The SMILES string of the molecule is CCOC(=O)C1=C(C)N=c2s/c(=C\c3ccc(-c4ccc(Cl)c(Cl)c4)o3)c(=O)n2[C@@H]1c1ccc(F)cc1. The van der Waals surface area contributed by atoms with Crippen LogP contribution in [0.15, 0.2) is 80.1 Å². The van der Waals surface area contributed by atoms with E-state index in [0.717, 1.165) is 5.56 Å². The second-order valence-electron chi connectivity index (χ2n) is 8.18. The van der Waals surface area contributed by atoms with Gasteiger partial charge in [-0.15, -0.1) is 0 Å². The van der Waals surface area contributed by atoms with E-state index in [1.165, 1.54) is 28.0 Å².